The van der Waals surface area contributed by atoms with E-state index in [1.54, 1.807) is 0 Å². The van der Waals surface area contributed by atoms with Crippen molar-refractivity contribution < 1.29 is 14.2 Å². The fraction of sp³-hybridized carbons (Fsp3) is 0.400. The van der Waals surface area contributed by atoms with Crippen LogP contribution in [0.25, 0.3) is 0 Å². The van der Waals surface area contributed by atoms with E-state index in [9.17, 15) is 9.50 Å². The highest BCUT2D eigenvalue weighted by Crippen LogP contribution is 2.38. The fourth-order valence-electron chi connectivity index (χ4n) is 1.32. The average Bonchev–Trinajstić information content (AvgIpc) is 1.98. The SMILES string of the molecule is Oc1cc(F)cc(Br)c1OC1CCC1. The van der Waals surface area contributed by atoms with Gasteiger partial charge in [0.05, 0.1) is 10.6 Å². The highest BCUT2D eigenvalue weighted by molar-refractivity contribution is 9.10. The smallest absolute Gasteiger partial charge is 0.175 e. The van der Waals surface area contributed by atoms with Gasteiger partial charge >= 0.3 is 0 Å². The molecule has 2 nitrogen and oxygen atoms in total. The first kappa shape index (κ1) is 9.77. The Morgan fingerprint density at radius 1 is 1.43 bits per heavy atom. The summed E-state index contributed by atoms with van der Waals surface area (Å²) >= 11 is 3.15. The van der Waals surface area contributed by atoms with Crippen molar-refractivity contribution in [1.29, 1.82) is 0 Å². The molecule has 4 heteroatoms. The zero-order chi connectivity index (χ0) is 10.1. The first-order valence-corrected chi connectivity index (χ1v) is 5.31. The molecule has 0 heterocycles. The van der Waals surface area contributed by atoms with Gasteiger partial charge in [0.1, 0.15) is 5.82 Å². The number of hydrogen-bond acceptors (Lipinski definition) is 2. The molecule has 0 aromatic heterocycles. The molecular formula is C10H10BrFO2. The third-order valence-corrected chi connectivity index (χ3v) is 2.91. The Balaban J connectivity index is 2.22. The summed E-state index contributed by atoms with van der Waals surface area (Å²) in [4.78, 5) is 0. The van der Waals surface area contributed by atoms with Crippen LogP contribution in [0.1, 0.15) is 19.3 Å². The molecule has 1 N–H and O–H groups in total. The Bertz CT molecular complexity index is 327. The molecule has 1 aliphatic carbocycles. The average molecular weight is 261 g/mol. The lowest BCUT2D eigenvalue weighted by molar-refractivity contribution is 0.115. The van der Waals surface area contributed by atoms with Gasteiger partial charge < -0.3 is 9.84 Å². The highest BCUT2D eigenvalue weighted by Gasteiger charge is 2.22. The third-order valence-electron chi connectivity index (χ3n) is 2.33. The first-order chi connectivity index (χ1) is 6.66. The molecule has 2 rings (SSSR count). The molecule has 1 aromatic carbocycles. The summed E-state index contributed by atoms with van der Waals surface area (Å²) in [7, 11) is 0. The van der Waals surface area contributed by atoms with Gasteiger partial charge in [0.15, 0.2) is 11.5 Å². The summed E-state index contributed by atoms with van der Waals surface area (Å²) in [6.07, 6.45) is 3.33. The summed E-state index contributed by atoms with van der Waals surface area (Å²) in [5.41, 5.74) is 0. The molecule has 14 heavy (non-hydrogen) atoms. The monoisotopic (exact) mass is 260 g/mol. The maximum absolute atomic E-state index is 12.8. The number of halogens is 2. The van der Waals surface area contributed by atoms with Gasteiger partial charge in [-0.05, 0) is 41.3 Å². The molecule has 0 bridgehead atoms. The molecule has 0 amide bonds. The van der Waals surface area contributed by atoms with E-state index in [2.05, 4.69) is 15.9 Å². The highest BCUT2D eigenvalue weighted by atomic mass is 79.9. The summed E-state index contributed by atoms with van der Waals surface area (Å²) in [5.74, 6) is -0.282. The van der Waals surface area contributed by atoms with Crippen molar-refractivity contribution in [3.8, 4) is 11.5 Å². The van der Waals surface area contributed by atoms with Crippen molar-refractivity contribution >= 4 is 15.9 Å². The number of rotatable bonds is 2. The second-order valence-electron chi connectivity index (χ2n) is 3.41. The van der Waals surface area contributed by atoms with Gasteiger partial charge in [-0.3, -0.25) is 0 Å². The van der Waals surface area contributed by atoms with Crippen LogP contribution in [-0.2, 0) is 0 Å². The largest absolute Gasteiger partial charge is 0.504 e. The van der Waals surface area contributed by atoms with Crippen LogP contribution < -0.4 is 4.74 Å². The van der Waals surface area contributed by atoms with Crippen LogP contribution in [0.5, 0.6) is 11.5 Å². The molecule has 76 valence electrons. The minimum atomic E-state index is -0.477. The van der Waals surface area contributed by atoms with Crippen molar-refractivity contribution in [2.45, 2.75) is 25.4 Å². The normalized spacial score (nSPS) is 16.4. The second kappa shape index (κ2) is 3.77. The van der Waals surface area contributed by atoms with Gasteiger partial charge in [-0.2, -0.15) is 0 Å². The van der Waals surface area contributed by atoms with Gasteiger partial charge in [-0.25, -0.2) is 4.39 Å². The zero-order valence-corrected chi connectivity index (χ0v) is 9.05. The van der Waals surface area contributed by atoms with Crippen LogP contribution in [0.15, 0.2) is 16.6 Å². The first-order valence-electron chi connectivity index (χ1n) is 4.51. The number of aromatic hydroxyl groups is 1. The van der Waals surface area contributed by atoms with E-state index in [1.807, 2.05) is 0 Å². The van der Waals surface area contributed by atoms with E-state index in [0.29, 0.717) is 10.2 Å². The van der Waals surface area contributed by atoms with E-state index in [-0.39, 0.29) is 11.9 Å². The van der Waals surface area contributed by atoms with Crippen molar-refractivity contribution in [2.75, 3.05) is 0 Å². The van der Waals surface area contributed by atoms with E-state index in [4.69, 9.17) is 4.74 Å². The van der Waals surface area contributed by atoms with Gasteiger partial charge in [0, 0.05) is 6.07 Å². The molecule has 0 spiro atoms. The third kappa shape index (κ3) is 1.85. The lowest BCUT2D eigenvalue weighted by atomic mass is 9.96. The maximum atomic E-state index is 12.8. The predicted octanol–water partition coefficient (Wildman–Crippen LogP) is 3.23. The molecule has 0 radical (unpaired) electrons. The van der Waals surface area contributed by atoms with Crippen molar-refractivity contribution in [2.24, 2.45) is 0 Å². The van der Waals surface area contributed by atoms with Crippen molar-refractivity contribution in [3.63, 3.8) is 0 Å². The van der Waals surface area contributed by atoms with E-state index in [0.717, 1.165) is 25.3 Å². The topological polar surface area (TPSA) is 29.5 Å². The number of hydrogen-bond donors (Lipinski definition) is 1. The van der Waals surface area contributed by atoms with E-state index in [1.165, 1.54) is 6.07 Å². The molecule has 1 fully saturated rings. The van der Waals surface area contributed by atoms with E-state index < -0.39 is 5.82 Å². The summed E-state index contributed by atoms with van der Waals surface area (Å²) in [6, 6.07) is 2.34. The van der Waals surface area contributed by atoms with Crippen LogP contribution in [0.2, 0.25) is 0 Å². The van der Waals surface area contributed by atoms with Crippen molar-refractivity contribution in [3.05, 3.63) is 22.4 Å². The molecule has 1 aromatic rings. The Morgan fingerprint density at radius 3 is 2.64 bits per heavy atom. The Kier molecular flexibility index (Phi) is 2.63. The minimum absolute atomic E-state index is 0.149. The van der Waals surface area contributed by atoms with Gasteiger partial charge in [0.2, 0.25) is 0 Å². The number of benzene rings is 1. The standard InChI is InChI=1S/C10H10BrFO2/c11-8-4-6(12)5-9(13)10(8)14-7-2-1-3-7/h4-5,7,13H,1-3H2. The number of phenolic OH excluding ortho intramolecular Hbond substituents is 1. The van der Waals surface area contributed by atoms with Crippen LogP contribution in [0, 0.1) is 5.82 Å². The van der Waals surface area contributed by atoms with Gasteiger partial charge in [-0.1, -0.05) is 0 Å². The summed E-state index contributed by atoms with van der Waals surface area (Å²) < 4.78 is 18.8. The molecule has 0 aliphatic heterocycles. The van der Waals surface area contributed by atoms with Gasteiger partial charge in [0.25, 0.3) is 0 Å². The molecule has 1 aliphatic rings. The molecule has 0 saturated heterocycles. The van der Waals surface area contributed by atoms with Crippen LogP contribution in [0.3, 0.4) is 0 Å². The predicted molar refractivity (Wildman–Crippen MR) is 54.0 cm³/mol. The van der Waals surface area contributed by atoms with Crippen LogP contribution in [-0.4, -0.2) is 11.2 Å². The minimum Gasteiger partial charge on any atom is -0.504 e. The number of phenols is 1. The van der Waals surface area contributed by atoms with E-state index >= 15 is 0 Å². The Labute approximate surface area is 89.8 Å². The molecular weight excluding hydrogens is 251 g/mol. The Morgan fingerprint density at radius 2 is 2.14 bits per heavy atom. The lowest BCUT2D eigenvalue weighted by Gasteiger charge is -2.27. The number of ether oxygens (including phenoxy) is 1. The van der Waals surface area contributed by atoms with Crippen molar-refractivity contribution in [1.82, 2.24) is 0 Å². The molecule has 0 unspecified atom stereocenters. The lowest BCUT2D eigenvalue weighted by Crippen LogP contribution is -2.24. The zero-order valence-electron chi connectivity index (χ0n) is 7.46. The quantitative estimate of drug-likeness (QED) is 0.885. The summed E-state index contributed by atoms with van der Waals surface area (Å²) in [5, 5.41) is 9.45. The molecule has 0 atom stereocenters. The Hall–Kier alpha value is -0.770. The fourth-order valence-corrected chi connectivity index (χ4v) is 1.83. The molecule has 1 saturated carbocycles. The van der Waals surface area contributed by atoms with Crippen LogP contribution in [0.4, 0.5) is 4.39 Å². The van der Waals surface area contributed by atoms with Gasteiger partial charge in [-0.15, -0.1) is 0 Å². The maximum Gasteiger partial charge on any atom is 0.175 e. The summed E-state index contributed by atoms with van der Waals surface area (Å²) in [6.45, 7) is 0. The van der Waals surface area contributed by atoms with Crippen LogP contribution >= 0.6 is 15.9 Å². The second-order valence-corrected chi connectivity index (χ2v) is 4.26.